The summed E-state index contributed by atoms with van der Waals surface area (Å²) in [6.07, 6.45) is 6.26. The van der Waals surface area contributed by atoms with E-state index in [9.17, 15) is 4.79 Å². The van der Waals surface area contributed by atoms with Crippen molar-refractivity contribution in [2.24, 2.45) is 0 Å². The second-order valence-corrected chi connectivity index (χ2v) is 5.17. The summed E-state index contributed by atoms with van der Waals surface area (Å²) >= 11 is 0. The Bertz CT molecular complexity index is 276. The standard InChI is InChI=1S/C13H23NO3/c1-3-17-11-5-4-8-13(9-11,12(15)16-2)14-10-6-7-10/h10-11,14H,3-9H2,1-2H3. The molecule has 0 bridgehead atoms. The van der Waals surface area contributed by atoms with E-state index in [-0.39, 0.29) is 12.1 Å². The van der Waals surface area contributed by atoms with Crippen LogP contribution in [0.25, 0.3) is 0 Å². The molecule has 0 amide bonds. The Kier molecular flexibility index (Phi) is 4.05. The van der Waals surface area contributed by atoms with Gasteiger partial charge in [-0.15, -0.1) is 0 Å². The molecule has 0 aliphatic heterocycles. The highest BCUT2D eigenvalue weighted by Gasteiger charge is 2.46. The van der Waals surface area contributed by atoms with E-state index in [0.717, 1.165) is 25.7 Å². The molecule has 98 valence electrons. The molecule has 0 radical (unpaired) electrons. The molecule has 4 heteroatoms. The normalized spacial score (nSPS) is 33.4. The maximum Gasteiger partial charge on any atom is 0.326 e. The third-order valence-electron chi connectivity index (χ3n) is 3.74. The smallest absolute Gasteiger partial charge is 0.326 e. The summed E-state index contributed by atoms with van der Waals surface area (Å²) in [5.41, 5.74) is -0.492. The topological polar surface area (TPSA) is 47.6 Å². The van der Waals surface area contributed by atoms with Crippen LogP contribution in [0.1, 0.15) is 45.4 Å². The van der Waals surface area contributed by atoms with Crippen LogP contribution >= 0.6 is 0 Å². The van der Waals surface area contributed by atoms with Gasteiger partial charge in [0.1, 0.15) is 5.54 Å². The van der Waals surface area contributed by atoms with Crippen LogP contribution in [0, 0.1) is 0 Å². The van der Waals surface area contributed by atoms with Crippen molar-refractivity contribution < 1.29 is 14.3 Å². The molecule has 2 unspecified atom stereocenters. The number of ether oxygens (including phenoxy) is 2. The molecule has 1 N–H and O–H groups in total. The molecule has 0 aromatic rings. The Balaban J connectivity index is 2.04. The Labute approximate surface area is 103 Å². The molecule has 17 heavy (non-hydrogen) atoms. The van der Waals surface area contributed by atoms with E-state index in [1.807, 2.05) is 6.92 Å². The first-order chi connectivity index (χ1) is 8.20. The van der Waals surface area contributed by atoms with Crippen LogP contribution < -0.4 is 5.32 Å². The van der Waals surface area contributed by atoms with Crippen molar-refractivity contribution in [2.45, 2.75) is 63.1 Å². The van der Waals surface area contributed by atoms with Gasteiger partial charge >= 0.3 is 5.97 Å². The van der Waals surface area contributed by atoms with E-state index in [1.165, 1.54) is 20.0 Å². The number of carbonyl (C=O) groups excluding carboxylic acids is 1. The van der Waals surface area contributed by atoms with Crippen LogP contribution in [0.3, 0.4) is 0 Å². The molecule has 2 atom stereocenters. The highest BCUT2D eigenvalue weighted by atomic mass is 16.5. The molecule has 0 aromatic carbocycles. The number of hydrogen-bond donors (Lipinski definition) is 1. The molecule has 0 heterocycles. The summed E-state index contributed by atoms with van der Waals surface area (Å²) in [4.78, 5) is 12.1. The molecule has 2 aliphatic carbocycles. The van der Waals surface area contributed by atoms with Crippen LogP contribution in [0.15, 0.2) is 0 Å². The van der Waals surface area contributed by atoms with Gasteiger partial charge in [-0.1, -0.05) is 0 Å². The molecule has 0 saturated heterocycles. The van der Waals surface area contributed by atoms with Crippen molar-refractivity contribution in [2.75, 3.05) is 13.7 Å². The second kappa shape index (κ2) is 5.36. The van der Waals surface area contributed by atoms with Gasteiger partial charge in [-0.2, -0.15) is 0 Å². The number of carbonyl (C=O) groups is 1. The van der Waals surface area contributed by atoms with E-state index in [4.69, 9.17) is 9.47 Å². The molecular formula is C13H23NO3. The van der Waals surface area contributed by atoms with E-state index < -0.39 is 5.54 Å². The quantitative estimate of drug-likeness (QED) is 0.743. The van der Waals surface area contributed by atoms with Gasteiger partial charge in [-0.25, -0.2) is 0 Å². The number of rotatable bonds is 5. The average molecular weight is 241 g/mol. The Morgan fingerprint density at radius 3 is 2.76 bits per heavy atom. The van der Waals surface area contributed by atoms with Crippen LogP contribution in [0.2, 0.25) is 0 Å². The largest absolute Gasteiger partial charge is 0.468 e. The van der Waals surface area contributed by atoms with E-state index >= 15 is 0 Å². The first-order valence-electron chi connectivity index (χ1n) is 6.68. The highest BCUT2D eigenvalue weighted by Crippen LogP contribution is 2.34. The molecule has 2 saturated carbocycles. The lowest BCUT2D eigenvalue weighted by atomic mass is 9.79. The van der Waals surface area contributed by atoms with Crippen molar-refractivity contribution in [3.05, 3.63) is 0 Å². The van der Waals surface area contributed by atoms with Crippen molar-refractivity contribution in [1.82, 2.24) is 5.32 Å². The van der Waals surface area contributed by atoms with Crippen LogP contribution in [0.4, 0.5) is 0 Å². The van der Waals surface area contributed by atoms with Crippen molar-refractivity contribution >= 4 is 5.97 Å². The van der Waals surface area contributed by atoms with Gasteiger partial charge in [0.2, 0.25) is 0 Å². The minimum absolute atomic E-state index is 0.117. The van der Waals surface area contributed by atoms with Gasteiger partial charge in [0, 0.05) is 19.1 Å². The Morgan fingerprint density at radius 1 is 1.41 bits per heavy atom. The molecular weight excluding hydrogens is 218 g/mol. The summed E-state index contributed by atoms with van der Waals surface area (Å²) in [5.74, 6) is -0.117. The lowest BCUT2D eigenvalue weighted by Crippen LogP contribution is -2.57. The monoisotopic (exact) mass is 241 g/mol. The SMILES string of the molecule is CCOC1CCCC(NC2CC2)(C(=O)OC)C1. The Hall–Kier alpha value is -0.610. The van der Waals surface area contributed by atoms with E-state index in [2.05, 4.69) is 5.32 Å². The minimum atomic E-state index is -0.492. The summed E-state index contributed by atoms with van der Waals surface area (Å²) in [6.45, 7) is 2.72. The molecule has 2 rings (SSSR count). The van der Waals surface area contributed by atoms with E-state index in [1.54, 1.807) is 0 Å². The maximum atomic E-state index is 12.1. The van der Waals surface area contributed by atoms with Crippen molar-refractivity contribution in [1.29, 1.82) is 0 Å². The lowest BCUT2D eigenvalue weighted by molar-refractivity contribution is -0.153. The number of nitrogens with one attached hydrogen (secondary N) is 1. The van der Waals surface area contributed by atoms with Crippen LogP contribution in [0.5, 0.6) is 0 Å². The number of esters is 1. The second-order valence-electron chi connectivity index (χ2n) is 5.17. The zero-order chi connectivity index (χ0) is 12.3. The molecule has 2 fully saturated rings. The summed E-state index contributed by atoms with van der Waals surface area (Å²) < 4.78 is 10.7. The average Bonchev–Trinajstić information content (AvgIpc) is 3.12. The fourth-order valence-corrected chi connectivity index (χ4v) is 2.79. The predicted molar refractivity (Wildman–Crippen MR) is 64.8 cm³/mol. The third-order valence-corrected chi connectivity index (χ3v) is 3.74. The zero-order valence-electron chi connectivity index (χ0n) is 10.8. The van der Waals surface area contributed by atoms with Crippen LogP contribution in [-0.2, 0) is 14.3 Å². The van der Waals surface area contributed by atoms with Gasteiger partial charge in [0.05, 0.1) is 13.2 Å². The molecule has 4 nitrogen and oxygen atoms in total. The molecule has 2 aliphatic rings. The summed E-state index contributed by atoms with van der Waals surface area (Å²) in [6, 6.07) is 0.509. The highest BCUT2D eigenvalue weighted by molar-refractivity contribution is 5.81. The van der Waals surface area contributed by atoms with Crippen molar-refractivity contribution in [3.8, 4) is 0 Å². The number of methoxy groups -OCH3 is 1. The fraction of sp³-hybridized carbons (Fsp3) is 0.923. The van der Waals surface area contributed by atoms with Gasteiger partial charge in [-0.05, 0) is 39.0 Å². The molecule has 0 spiro atoms. The van der Waals surface area contributed by atoms with Crippen molar-refractivity contribution in [3.63, 3.8) is 0 Å². The summed E-state index contributed by atoms with van der Waals surface area (Å²) in [5, 5.41) is 3.49. The van der Waals surface area contributed by atoms with Gasteiger partial charge in [0.15, 0.2) is 0 Å². The van der Waals surface area contributed by atoms with Gasteiger partial charge < -0.3 is 9.47 Å². The first kappa shape index (κ1) is 12.8. The minimum Gasteiger partial charge on any atom is -0.468 e. The predicted octanol–water partition coefficient (Wildman–Crippen LogP) is 1.63. The Morgan fingerprint density at radius 2 is 2.18 bits per heavy atom. The molecule has 0 aromatic heterocycles. The lowest BCUT2D eigenvalue weighted by Gasteiger charge is -2.39. The van der Waals surface area contributed by atoms with Gasteiger partial charge in [0.25, 0.3) is 0 Å². The summed E-state index contributed by atoms with van der Waals surface area (Å²) in [7, 11) is 1.48. The number of hydrogen-bond acceptors (Lipinski definition) is 4. The first-order valence-corrected chi connectivity index (χ1v) is 6.68. The zero-order valence-corrected chi connectivity index (χ0v) is 10.8. The third kappa shape index (κ3) is 2.99. The maximum absolute atomic E-state index is 12.1. The van der Waals surface area contributed by atoms with Gasteiger partial charge in [-0.3, -0.25) is 10.1 Å². The van der Waals surface area contributed by atoms with Crippen LogP contribution in [-0.4, -0.2) is 37.4 Å². The van der Waals surface area contributed by atoms with E-state index in [0.29, 0.717) is 12.6 Å². The fourth-order valence-electron chi connectivity index (χ4n) is 2.79.